The number of aromatic nitrogens is 2. The fraction of sp³-hybridized carbons (Fsp3) is 0.0769. The van der Waals surface area contributed by atoms with Gasteiger partial charge in [0.15, 0.2) is 0 Å². The zero-order valence-electron chi connectivity index (χ0n) is 9.45. The van der Waals surface area contributed by atoms with Gasteiger partial charge in [0.25, 0.3) is 5.24 Å². The van der Waals surface area contributed by atoms with Crippen molar-refractivity contribution in [1.29, 1.82) is 0 Å². The van der Waals surface area contributed by atoms with Crippen LogP contribution in [0.15, 0.2) is 30.5 Å². The first-order valence-corrected chi connectivity index (χ1v) is 6.11. The molecule has 0 spiro atoms. The molecule has 0 amide bonds. The lowest BCUT2D eigenvalue weighted by Gasteiger charge is -2.03. The Kier molecular flexibility index (Phi) is 2.54. The lowest BCUT2D eigenvalue weighted by Crippen LogP contribution is -1.98. The van der Waals surface area contributed by atoms with E-state index in [0.29, 0.717) is 22.1 Å². The minimum atomic E-state index is -0.513. The van der Waals surface area contributed by atoms with Crippen LogP contribution < -0.4 is 0 Å². The van der Waals surface area contributed by atoms with Gasteiger partial charge in [-0.05, 0) is 30.7 Å². The van der Waals surface area contributed by atoms with E-state index in [2.05, 4.69) is 4.98 Å². The third kappa shape index (κ3) is 1.51. The molecule has 0 aliphatic rings. The van der Waals surface area contributed by atoms with Gasteiger partial charge in [0, 0.05) is 22.0 Å². The van der Waals surface area contributed by atoms with Crippen LogP contribution in [0.25, 0.3) is 16.4 Å². The summed E-state index contributed by atoms with van der Waals surface area (Å²) >= 11 is 11.7. The van der Waals surface area contributed by atoms with Gasteiger partial charge in [-0.3, -0.25) is 9.20 Å². The highest BCUT2D eigenvalue weighted by molar-refractivity contribution is 6.67. The highest BCUT2D eigenvalue weighted by Crippen LogP contribution is 2.27. The van der Waals surface area contributed by atoms with Crippen molar-refractivity contribution in [3.8, 4) is 0 Å². The van der Waals surface area contributed by atoms with Gasteiger partial charge in [0.2, 0.25) is 0 Å². The summed E-state index contributed by atoms with van der Waals surface area (Å²) in [7, 11) is 0. The van der Waals surface area contributed by atoms with Crippen LogP contribution in [0.4, 0.5) is 0 Å². The van der Waals surface area contributed by atoms with E-state index in [-0.39, 0.29) is 0 Å². The lowest BCUT2D eigenvalue weighted by molar-refractivity contribution is 0.107. The van der Waals surface area contributed by atoms with Crippen molar-refractivity contribution in [2.24, 2.45) is 0 Å². The Morgan fingerprint density at radius 1 is 1.28 bits per heavy atom. The standard InChI is InChI=1S/C13H8Cl2N2O/c1-7-11(12(15)18)17-6-5-8-9(13(17)16-7)3-2-4-10(8)14/h2-6H,1H3. The molecule has 90 valence electrons. The zero-order chi connectivity index (χ0) is 12.9. The molecule has 2 aromatic heterocycles. The second-order valence-electron chi connectivity index (χ2n) is 4.03. The third-order valence-electron chi connectivity index (χ3n) is 2.96. The number of halogens is 2. The monoisotopic (exact) mass is 278 g/mol. The van der Waals surface area contributed by atoms with E-state index in [4.69, 9.17) is 23.2 Å². The lowest BCUT2D eigenvalue weighted by atomic mass is 10.2. The highest BCUT2D eigenvalue weighted by Gasteiger charge is 2.16. The van der Waals surface area contributed by atoms with Crippen LogP contribution >= 0.6 is 23.2 Å². The molecule has 0 fully saturated rings. The van der Waals surface area contributed by atoms with Crippen molar-refractivity contribution in [3.63, 3.8) is 0 Å². The molecule has 0 radical (unpaired) electrons. The molecule has 3 rings (SSSR count). The molecule has 0 bridgehead atoms. The van der Waals surface area contributed by atoms with Crippen molar-refractivity contribution in [2.75, 3.05) is 0 Å². The van der Waals surface area contributed by atoms with Crippen LogP contribution in [0.2, 0.25) is 5.02 Å². The minimum Gasteiger partial charge on any atom is -0.295 e. The summed E-state index contributed by atoms with van der Waals surface area (Å²) in [6, 6.07) is 7.46. The molecule has 0 unspecified atom stereocenters. The average molecular weight is 279 g/mol. The largest absolute Gasteiger partial charge is 0.295 e. The number of carbonyl (C=O) groups excluding carboxylic acids is 1. The van der Waals surface area contributed by atoms with Crippen molar-refractivity contribution < 1.29 is 4.79 Å². The smallest absolute Gasteiger partial charge is 0.271 e. The van der Waals surface area contributed by atoms with Gasteiger partial charge in [0.1, 0.15) is 11.3 Å². The normalized spacial score (nSPS) is 11.3. The predicted octanol–water partition coefficient (Wildman–Crippen LogP) is 3.83. The Morgan fingerprint density at radius 3 is 2.78 bits per heavy atom. The van der Waals surface area contributed by atoms with Gasteiger partial charge in [-0.25, -0.2) is 4.98 Å². The number of aryl methyl sites for hydroxylation is 1. The number of benzene rings is 1. The minimum absolute atomic E-state index is 0.397. The molecule has 3 aromatic rings. The molecular weight excluding hydrogens is 271 g/mol. The van der Waals surface area contributed by atoms with E-state index in [1.807, 2.05) is 24.3 Å². The van der Waals surface area contributed by atoms with E-state index in [1.165, 1.54) is 0 Å². The first kappa shape index (κ1) is 11.5. The summed E-state index contributed by atoms with van der Waals surface area (Å²) in [6.07, 6.45) is 1.76. The Labute approximate surface area is 113 Å². The topological polar surface area (TPSA) is 34.4 Å². The first-order chi connectivity index (χ1) is 8.59. The fourth-order valence-corrected chi connectivity index (χ4v) is 2.63. The van der Waals surface area contributed by atoms with Crippen molar-refractivity contribution in [1.82, 2.24) is 9.38 Å². The molecule has 0 aliphatic carbocycles. The first-order valence-electron chi connectivity index (χ1n) is 5.35. The second-order valence-corrected chi connectivity index (χ2v) is 4.78. The van der Waals surface area contributed by atoms with Crippen molar-refractivity contribution in [2.45, 2.75) is 6.92 Å². The number of fused-ring (bicyclic) bond motifs is 3. The van der Waals surface area contributed by atoms with E-state index in [1.54, 1.807) is 17.5 Å². The van der Waals surface area contributed by atoms with E-state index >= 15 is 0 Å². The number of imidazole rings is 1. The van der Waals surface area contributed by atoms with Gasteiger partial charge in [0.05, 0.1) is 5.69 Å². The maximum Gasteiger partial charge on any atom is 0.271 e. The summed E-state index contributed by atoms with van der Waals surface area (Å²) in [5, 5.41) is 1.96. The van der Waals surface area contributed by atoms with Crippen molar-refractivity contribution >= 4 is 44.9 Å². The van der Waals surface area contributed by atoms with Gasteiger partial charge in [-0.2, -0.15) is 0 Å². The number of hydrogen-bond acceptors (Lipinski definition) is 2. The molecule has 2 heterocycles. The van der Waals surface area contributed by atoms with Crippen LogP contribution in [-0.4, -0.2) is 14.6 Å². The van der Waals surface area contributed by atoms with Gasteiger partial charge in [-0.1, -0.05) is 23.7 Å². The number of carbonyl (C=O) groups is 1. The van der Waals surface area contributed by atoms with Crippen LogP contribution in [-0.2, 0) is 0 Å². The van der Waals surface area contributed by atoms with Gasteiger partial charge >= 0.3 is 0 Å². The van der Waals surface area contributed by atoms with Crippen LogP contribution in [0, 0.1) is 6.92 Å². The van der Waals surface area contributed by atoms with Crippen LogP contribution in [0.3, 0.4) is 0 Å². The second kappa shape index (κ2) is 3.97. The maximum absolute atomic E-state index is 11.4. The average Bonchev–Trinajstić information content (AvgIpc) is 2.66. The van der Waals surface area contributed by atoms with Crippen molar-refractivity contribution in [3.05, 3.63) is 46.9 Å². The fourth-order valence-electron chi connectivity index (χ4n) is 2.17. The number of nitrogens with zero attached hydrogens (tertiary/aromatic N) is 2. The zero-order valence-corrected chi connectivity index (χ0v) is 11.0. The molecule has 18 heavy (non-hydrogen) atoms. The highest BCUT2D eigenvalue weighted by atomic mass is 35.5. The SMILES string of the molecule is Cc1nc2c3cccc(Cl)c3ccn2c1C(=O)Cl. The molecular formula is C13H8Cl2N2O. The molecule has 1 aromatic carbocycles. The number of pyridine rings is 1. The Balaban J connectivity index is 2.54. The molecule has 0 N–H and O–H groups in total. The Hall–Kier alpha value is -1.58. The summed E-state index contributed by atoms with van der Waals surface area (Å²) in [5.74, 6) is 0. The maximum atomic E-state index is 11.4. The van der Waals surface area contributed by atoms with E-state index < -0.39 is 5.24 Å². The van der Waals surface area contributed by atoms with Gasteiger partial charge in [-0.15, -0.1) is 0 Å². The summed E-state index contributed by atoms with van der Waals surface area (Å²) in [5.41, 5.74) is 1.70. The summed E-state index contributed by atoms with van der Waals surface area (Å²) in [4.78, 5) is 15.8. The molecule has 0 saturated heterocycles. The van der Waals surface area contributed by atoms with E-state index in [0.717, 1.165) is 10.8 Å². The predicted molar refractivity (Wildman–Crippen MR) is 72.6 cm³/mol. The molecule has 0 aliphatic heterocycles. The molecule has 0 atom stereocenters. The molecule has 5 heteroatoms. The van der Waals surface area contributed by atoms with Crippen LogP contribution in [0.1, 0.15) is 16.2 Å². The van der Waals surface area contributed by atoms with E-state index in [9.17, 15) is 4.79 Å². The van der Waals surface area contributed by atoms with Crippen LogP contribution in [0.5, 0.6) is 0 Å². The summed E-state index contributed by atoms with van der Waals surface area (Å²) < 4.78 is 1.70. The Morgan fingerprint density at radius 2 is 2.06 bits per heavy atom. The number of rotatable bonds is 1. The van der Waals surface area contributed by atoms with Gasteiger partial charge < -0.3 is 0 Å². The summed E-state index contributed by atoms with van der Waals surface area (Å²) in [6.45, 7) is 1.76. The third-order valence-corrected chi connectivity index (χ3v) is 3.46. The number of hydrogen-bond donors (Lipinski definition) is 0. The quantitative estimate of drug-likeness (QED) is 0.634. The molecule has 0 saturated carbocycles. The Bertz CT molecular complexity index is 792. The molecule has 3 nitrogen and oxygen atoms in total.